The number of rotatable bonds is 11. The highest BCUT2D eigenvalue weighted by Crippen LogP contribution is 2.10. The number of carbonyl (C=O) groups is 1. The average molecular weight is 229 g/mol. The SMILES string of the molecule is [2H]C(C(=O)O)=C([2H])C([2H])CCCCCCCCCC. The number of carboxylic acids is 1. The normalized spacial score (nSPS) is 16.9. The summed E-state index contributed by atoms with van der Waals surface area (Å²) in [5, 5.41) is 8.56. The zero-order valence-electron chi connectivity index (χ0n) is 13.3. The minimum atomic E-state index is -1.42. The topological polar surface area (TPSA) is 37.3 Å². The van der Waals surface area contributed by atoms with Gasteiger partial charge >= 0.3 is 5.97 Å². The Balaban J connectivity index is 3.67. The Morgan fingerprint density at radius 1 is 1.12 bits per heavy atom. The number of aliphatic carboxylic acids is 1. The second kappa shape index (κ2) is 12.3. The predicted octanol–water partition coefficient (Wildman–Crippen LogP) is 4.55. The molecule has 1 N–H and O–H groups in total. The first-order valence-electron chi connectivity index (χ1n) is 7.91. The highest BCUT2D eigenvalue weighted by Gasteiger charge is 1.91. The van der Waals surface area contributed by atoms with E-state index in [1.54, 1.807) is 0 Å². The average Bonchev–Trinajstić information content (AvgIpc) is 2.39. The Morgan fingerprint density at radius 3 is 2.12 bits per heavy atom. The summed E-state index contributed by atoms with van der Waals surface area (Å²) in [5.41, 5.74) is 0. The van der Waals surface area contributed by atoms with Gasteiger partial charge in [-0.3, -0.25) is 0 Å². The zero-order valence-corrected chi connectivity index (χ0v) is 10.3. The fourth-order valence-corrected chi connectivity index (χ4v) is 1.57. The lowest BCUT2D eigenvalue weighted by Gasteiger charge is -2.00. The molecule has 1 atom stereocenters. The largest absolute Gasteiger partial charge is 0.478 e. The Hall–Kier alpha value is -0.790. The molecule has 0 saturated carbocycles. The van der Waals surface area contributed by atoms with E-state index in [2.05, 4.69) is 6.92 Å². The maximum Gasteiger partial charge on any atom is 0.327 e. The van der Waals surface area contributed by atoms with Crippen LogP contribution in [-0.4, -0.2) is 11.1 Å². The number of unbranched alkanes of at least 4 members (excludes halogenated alkanes) is 7. The lowest BCUT2D eigenvalue weighted by molar-refractivity contribution is -0.131. The number of hydrogen-bond donors (Lipinski definition) is 1. The van der Waals surface area contributed by atoms with Gasteiger partial charge in [-0.25, -0.2) is 4.79 Å². The molecule has 0 aromatic rings. The van der Waals surface area contributed by atoms with Crippen LogP contribution in [0.1, 0.15) is 75.2 Å². The van der Waals surface area contributed by atoms with Gasteiger partial charge in [-0.1, -0.05) is 64.3 Å². The Labute approximate surface area is 104 Å². The highest BCUT2D eigenvalue weighted by atomic mass is 16.4. The van der Waals surface area contributed by atoms with Crippen LogP contribution in [0.5, 0.6) is 0 Å². The van der Waals surface area contributed by atoms with Gasteiger partial charge in [0.1, 0.15) is 0 Å². The Morgan fingerprint density at radius 2 is 1.62 bits per heavy atom. The summed E-state index contributed by atoms with van der Waals surface area (Å²) in [6.07, 6.45) is 8.90. The fourth-order valence-electron chi connectivity index (χ4n) is 1.57. The van der Waals surface area contributed by atoms with Crippen LogP contribution in [-0.2, 0) is 4.79 Å². The summed E-state index contributed by atoms with van der Waals surface area (Å²) in [4.78, 5) is 10.5. The van der Waals surface area contributed by atoms with Crippen molar-refractivity contribution in [2.75, 3.05) is 0 Å². The van der Waals surface area contributed by atoms with Crippen molar-refractivity contribution in [3.05, 3.63) is 12.1 Å². The van der Waals surface area contributed by atoms with Gasteiger partial charge in [0.15, 0.2) is 0 Å². The molecule has 0 saturated heterocycles. The molecule has 1 unspecified atom stereocenters. The van der Waals surface area contributed by atoms with E-state index in [0.29, 0.717) is 6.42 Å². The standard InChI is InChI=1S/C14H26O2/c1-2-3-4-5-6-7-8-9-10-11-12-13-14(15)16/h12-13H,2-11H2,1H3,(H,15,16)/i11D,12D,13D. The summed E-state index contributed by atoms with van der Waals surface area (Å²) in [7, 11) is 0. The summed E-state index contributed by atoms with van der Waals surface area (Å²) >= 11 is 0. The van der Waals surface area contributed by atoms with Crippen molar-refractivity contribution in [2.24, 2.45) is 0 Å². The molecule has 94 valence electrons. The first-order valence-corrected chi connectivity index (χ1v) is 6.33. The molecule has 0 rings (SSSR count). The summed E-state index contributed by atoms with van der Waals surface area (Å²) in [6, 6.07) is -1.13. The minimum Gasteiger partial charge on any atom is -0.478 e. The van der Waals surface area contributed by atoms with Gasteiger partial charge in [0, 0.05) is 7.42 Å². The van der Waals surface area contributed by atoms with Crippen molar-refractivity contribution in [1.29, 1.82) is 0 Å². The quantitative estimate of drug-likeness (QED) is 0.417. The van der Waals surface area contributed by atoms with E-state index in [9.17, 15) is 4.79 Å². The van der Waals surface area contributed by atoms with Crippen LogP contribution in [0.25, 0.3) is 0 Å². The number of carboxylic acid groups (broad SMARTS) is 1. The van der Waals surface area contributed by atoms with E-state index in [1.807, 2.05) is 0 Å². The third-order valence-electron chi connectivity index (χ3n) is 2.48. The van der Waals surface area contributed by atoms with Crippen molar-refractivity contribution < 1.29 is 14.0 Å². The zero-order chi connectivity index (χ0) is 14.7. The lowest BCUT2D eigenvalue weighted by Crippen LogP contribution is -1.85. The summed E-state index contributed by atoms with van der Waals surface area (Å²) in [5.74, 6) is -1.42. The van der Waals surface area contributed by atoms with Crippen LogP contribution >= 0.6 is 0 Å². The second-order valence-electron chi connectivity index (χ2n) is 4.04. The summed E-state index contributed by atoms with van der Waals surface area (Å²) < 4.78 is 22.2. The van der Waals surface area contributed by atoms with E-state index in [1.165, 1.54) is 32.1 Å². The van der Waals surface area contributed by atoms with E-state index in [-0.39, 0.29) is 6.05 Å². The van der Waals surface area contributed by atoms with Crippen molar-refractivity contribution in [2.45, 2.75) is 71.1 Å². The van der Waals surface area contributed by atoms with Crippen LogP contribution < -0.4 is 0 Å². The maximum absolute atomic E-state index is 10.5. The minimum absolute atomic E-state index is 0.379. The maximum atomic E-state index is 10.5. The Kier molecular flexibility index (Phi) is 7.96. The molecule has 0 heterocycles. The Bertz CT molecular complexity index is 290. The van der Waals surface area contributed by atoms with E-state index < -0.39 is 18.4 Å². The van der Waals surface area contributed by atoms with Crippen molar-refractivity contribution in [3.8, 4) is 0 Å². The van der Waals surface area contributed by atoms with Crippen LogP contribution in [0.3, 0.4) is 0 Å². The number of hydrogen-bond acceptors (Lipinski definition) is 1. The van der Waals surface area contributed by atoms with Crippen molar-refractivity contribution in [3.63, 3.8) is 0 Å². The fraction of sp³-hybridized carbons (Fsp3) is 0.786. The van der Waals surface area contributed by atoms with Gasteiger partial charge < -0.3 is 5.11 Å². The first-order chi connectivity index (χ1) is 9.00. The molecule has 0 aromatic carbocycles. The molecule has 0 aromatic heterocycles. The molecule has 0 spiro atoms. The molecule has 2 nitrogen and oxygen atoms in total. The van der Waals surface area contributed by atoms with Crippen LogP contribution in [0.2, 0.25) is 0 Å². The molecular weight excluding hydrogens is 200 g/mol. The lowest BCUT2D eigenvalue weighted by atomic mass is 10.1. The van der Waals surface area contributed by atoms with Crippen LogP contribution in [0, 0.1) is 0 Å². The van der Waals surface area contributed by atoms with Gasteiger partial charge in [0.25, 0.3) is 0 Å². The molecule has 0 radical (unpaired) electrons. The molecule has 16 heavy (non-hydrogen) atoms. The summed E-state index contributed by atoms with van der Waals surface area (Å²) in [6.45, 7) is 2.19. The van der Waals surface area contributed by atoms with E-state index >= 15 is 0 Å². The van der Waals surface area contributed by atoms with Crippen molar-refractivity contribution in [1.82, 2.24) is 0 Å². The van der Waals surface area contributed by atoms with Crippen LogP contribution in [0.15, 0.2) is 12.1 Å². The van der Waals surface area contributed by atoms with E-state index in [0.717, 1.165) is 19.3 Å². The van der Waals surface area contributed by atoms with Gasteiger partial charge in [-0.15, -0.1) is 0 Å². The third kappa shape index (κ3) is 13.2. The molecule has 0 aliphatic rings. The molecule has 0 amide bonds. The highest BCUT2D eigenvalue weighted by molar-refractivity contribution is 5.79. The molecule has 2 heteroatoms. The van der Waals surface area contributed by atoms with Crippen LogP contribution in [0.4, 0.5) is 0 Å². The first kappa shape index (κ1) is 10.4. The monoisotopic (exact) mass is 229 g/mol. The molecule has 0 fully saturated rings. The molecule has 0 aliphatic carbocycles. The van der Waals surface area contributed by atoms with E-state index in [4.69, 9.17) is 9.22 Å². The molecule has 0 aliphatic heterocycles. The molecular formula is C14H26O2. The van der Waals surface area contributed by atoms with Gasteiger partial charge in [0.2, 0.25) is 0 Å². The van der Waals surface area contributed by atoms with Gasteiger partial charge in [-0.05, 0) is 12.8 Å². The smallest absolute Gasteiger partial charge is 0.327 e. The predicted molar refractivity (Wildman–Crippen MR) is 68.6 cm³/mol. The molecule has 0 bridgehead atoms. The second-order valence-corrected chi connectivity index (χ2v) is 4.04. The third-order valence-corrected chi connectivity index (χ3v) is 2.48. The van der Waals surface area contributed by atoms with Crippen molar-refractivity contribution >= 4 is 5.97 Å². The number of allylic oxidation sites excluding steroid dienone is 1. The van der Waals surface area contributed by atoms with Gasteiger partial charge in [-0.2, -0.15) is 0 Å². The van der Waals surface area contributed by atoms with Gasteiger partial charge in [0.05, 0.1) is 2.74 Å².